The number of piperidine rings is 1. The highest BCUT2D eigenvalue weighted by molar-refractivity contribution is 5.98. The number of nitrogens with one attached hydrogen (secondary N) is 5. The van der Waals surface area contributed by atoms with E-state index in [2.05, 4.69) is 26.6 Å². The van der Waals surface area contributed by atoms with Gasteiger partial charge >= 0.3 is 5.97 Å². The van der Waals surface area contributed by atoms with Crippen molar-refractivity contribution in [2.24, 2.45) is 23.5 Å². The molecular formula is C44H68N8O12. The molecule has 9 N–H and O–H groups in total. The summed E-state index contributed by atoms with van der Waals surface area (Å²) in [5.41, 5.74) is 5.84. The molecule has 1 aromatic carbocycles. The number of aliphatic hydroxyl groups excluding tert-OH is 1. The maximum atomic E-state index is 14.8. The molecule has 2 fully saturated rings. The van der Waals surface area contributed by atoms with Crippen molar-refractivity contribution in [1.29, 1.82) is 0 Å². The predicted molar refractivity (Wildman–Crippen MR) is 232 cm³/mol. The third-order valence-corrected chi connectivity index (χ3v) is 12.0. The Morgan fingerprint density at radius 1 is 0.891 bits per heavy atom. The molecule has 20 heteroatoms. The number of ether oxygens (including phenoxy) is 1. The fourth-order valence-corrected chi connectivity index (χ4v) is 7.77. The molecule has 64 heavy (non-hydrogen) atoms. The monoisotopic (exact) mass is 900 g/mol. The molecule has 0 spiro atoms. The first-order valence-electron chi connectivity index (χ1n) is 22.0. The van der Waals surface area contributed by atoms with Gasteiger partial charge in [0.2, 0.25) is 47.3 Å². The van der Waals surface area contributed by atoms with E-state index in [1.165, 1.54) is 26.1 Å². The van der Waals surface area contributed by atoms with Gasteiger partial charge < -0.3 is 57.1 Å². The number of benzene rings is 1. The van der Waals surface area contributed by atoms with Gasteiger partial charge in [0.15, 0.2) is 0 Å². The molecule has 0 saturated carbocycles. The fourth-order valence-electron chi connectivity index (χ4n) is 7.77. The van der Waals surface area contributed by atoms with Crippen molar-refractivity contribution < 1.29 is 58.1 Å². The molecule has 2 unspecified atom stereocenters. The van der Waals surface area contributed by atoms with Crippen LogP contribution in [-0.2, 0) is 54.3 Å². The minimum absolute atomic E-state index is 0.0216. The molecule has 2 bridgehead atoms. The van der Waals surface area contributed by atoms with Crippen LogP contribution in [0.3, 0.4) is 0 Å². The number of rotatable bonds is 14. The lowest BCUT2D eigenvalue weighted by Gasteiger charge is -2.44. The first-order valence-corrected chi connectivity index (χ1v) is 22.0. The number of nitrogens with zero attached hydrogens (tertiary/aromatic N) is 2. The van der Waals surface area contributed by atoms with Crippen LogP contribution in [0.2, 0.25) is 0 Å². The molecule has 356 valence electrons. The zero-order valence-electron chi connectivity index (χ0n) is 38.3. The quantitative estimate of drug-likeness (QED) is 0.113. The van der Waals surface area contributed by atoms with E-state index >= 15 is 0 Å². The highest BCUT2D eigenvalue weighted by Crippen LogP contribution is 2.28. The van der Waals surface area contributed by atoms with Gasteiger partial charge in [-0.1, -0.05) is 66.5 Å². The fraction of sp³-hybridized carbons (Fsp3) is 0.659. The molecule has 3 rings (SSSR count). The molecule has 0 radical (unpaired) electrons. The summed E-state index contributed by atoms with van der Waals surface area (Å²) in [6, 6.07) is -3.76. The highest BCUT2D eigenvalue weighted by Gasteiger charge is 2.47. The first kappa shape index (κ1) is 52.6. The number of primary amides is 1. The van der Waals surface area contributed by atoms with Crippen molar-refractivity contribution in [3.05, 3.63) is 29.8 Å². The van der Waals surface area contributed by atoms with Crippen LogP contribution in [0.5, 0.6) is 5.75 Å². The number of hydrogen-bond donors (Lipinski definition) is 8. The lowest BCUT2D eigenvalue weighted by molar-refractivity contribution is -0.168. The average Bonchev–Trinajstić information content (AvgIpc) is 3.23. The Labute approximate surface area is 374 Å². The van der Waals surface area contributed by atoms with Crippen molar-refractivity contribution in [1.82, 2.24) is 36.4 Å². The van der Waals surface area contributed by atoms with Crippen LogP contribution in [0.25, 0.3) is 0 Å². The number of aliphatic hydroxyl groups is 1. The van der Waals surface area contributed by atoms with E-state index in [0.717, 1.165) is 16.7 Å². The van der Waals surface area contributed by atoms with E-state index in [1.54, 1.807) is 53.7 Å². The predicted octanol–water partition coefficient (Wildman–Crippen LogP) is -0.136. The molecule has 2 heterocycles. The van der Waals surface area contributed by atoms with Crippen LogP contribution in [-0.4, -0.2) is 135 Å². The van der Waals surface area contributed by atoms with Crippen LogP contribution in [0.1, 0.15) is 106 Å². The van der Waals surface area contributed by atoms with Gasteiger partial charge in [-0.25, -0.2) is 4.79 Å². The second-order valence-corrected chi connectivity index (χ2v) is 17.5. The lowest BCUT2D eigenvalue weighted by atomic mass is 9.91. The Bertz CT molecular complexity index is 1860. The first-order chi connectivity index (χ1) is 30.0. The third kappa shape index (κ3) is 14.1. The summed E-state index contributed by atoms with van der Waals surface area (Å²) >= 11 is 0. The molecule has 2 aliphatic rings. The number of likely N-dealkylation sites (N-methyl/N-ethyl adjacent to an activating group) is 1. The summed E-state index contributed by atoms with van der Waals surface area (Å²) in [7, 11) is 1.38. The van der Waals surface area contributed by atoms with Gasteiger partial charge in [-0.3, -0.25) is 38.4 Å². The van der Waals surface area contributed by atoms with Crippen molar-refractivity contribution in [3.63, 3.8) is 0 Å². The Hall–Kier alpha value is -5.79. The summed E-state index contributed by atoms with van der Waals surface area (Å²) in [5, 5.41) is 34.4. The number of nitrogens with two attached hydrogens (primary N) is 1. The standard InChI is InChI=1S/C44H68N8O12/c1-10-23(5)35-44(63)64-25(7)36(50-38(57)29(46-26(8)53)16-18-33(45)55)41(60)48-31(20-22(3)4)39(58)47-30-17-19-34(56)52(42(30)61)37(24(6)11-2)43(62)51(9)32(40(59)49-35)21-27-12-14-28(54)15-13-27/h12-15,22-25,29-32,34-37,54,56H,10-11,16-21H2,1-9H3,(H2,45,55)(H,46,53)(H,47,58)(H,48,60)(H,49,59)(H,50,57)/t23-,24-,25+,29-,30?,31-,32-,34?,35-,36-,37-/m0/s1. The number of phenolic OH excluding ortho intramolecular Hbond substituents is 1. The normalized spacial score (nSPS) is 26.8. The zero-order chi connectivity index (χ0) is 48.2. The Morgan fingerprint density at radius 3 is 2.08 bits per heavy atom. The van der Waals surface area contributed by atoms with Gasteiger partial charge in [0.1, 0.15) is 60.4 Å². The Kier molecular flexibility index (Phi) is 19.5. The van der Waals surface area contributed by atoms with Gasteiger partial charge in [0.25, 0.3) is 0 Å². The van der Waals surface area contributed by atoms with E-state index in [0.29, 0.717) is 18.4 Å². The minimum atomic E-state index is -1.73. The maximum absolute atomic E-state index is 14.8. The second-order valence-electron chi connectivity index (χ2n) is 17.5. The smallest absolute Gasteiger partial charge is 0.329 e. The van der Waals surface area contributed by atoms with E-state index in [-0.39, 0.29) is 50.2 Å². The lowest BCUT2D eigenvalue weighted by Crippen LogP contribution is -2.66. The SMILES string of the molecule is CC[C@H](C)[C@@H]1NC(=O)[C@H](Cc2ccc(O)cc2)N(C)C(=O)[C@H]([C@@H](C)CC)N2C(=O)C(CCC2O)NC(=O)[C@H](CC(C)C)NC(=O)[C@@H](NC(=O)[C@H](CCC(N)=O)NC(C)=O)[C@@H](C)OC1=O. The van der Waals surface area contributed by atoms with Crippen molar-refractivity contribution in [3.8, 4) is 5.75 Å². The molecular weight excluding hydrogens is 833 g/mol. The van der Waals surface area contributed by atoms with Crippen molar-refractivity contribution in [2.75, 3.05) is 7.05 Å². The topological polar surface area (TPSA) is 296 Å². The largest absolute Gasteiger partial charge is 0.508 e. The van der Waals surface area contributed by atoms with Crippen LogP contribution < -0.4 is 32.3 Å². The van der Waals surface area contributed by atoms with E-state index in [4.69, 9.17) is 10.5 Å². The van der Waals surface area contributed by atoms with E-state index < -0.39 is 120 Å². The van der Waals surface area contributed by atoms with Gasteiger partial charge in [-0.15, -0.1) is 0 Å². The summed E-state index contributed by atoms with van der Waals surface area (Å²) < 4.78 is 5.87. The molecule has 11 atom stereocenters. The van der Waals surface area contributed by atoms with Gasteiger partial charge in [0, 0.05) is 26.8 Å². The minimum Gasteiger partial charge on any atom is -0.508 e. The second kappa shape index (κ2) is 23.8. The maximum Gasteiger partial charge on any atom is 0.329 e. The number of amides is 8. The number of hydrogen-bond acceptors (Lipinski definition) is 12. The molecule has 20 nitrogen and oxygen atoms in total. The summed E-state index contributed by atoms with van der Waals surface area (Å²) in [4.78, 5) is 126. The number of cyclic esters (lactones) is 1. The van der Waals surface area contributed by atoms with Gasteiger partial charge in [0.05, 0.1) is 0 Å². The Morgan fingerprint density at radius 2 is 1.52 bits per heavy atom. The van der Waals surface area contributed by atoms with Gasteiger partial charge in [-0.05, 0) is 68.1 Å². The summed E-state index contributed by atoms with van der Waals surface area (Å²) in [6.45, 7) is 13.0. The Balaban J connectivity index is 2.26. The molecule has 2 aliphatic heterocycles. The number of esters is 1. The highest BCUT2D eigenvalue weighted by atomic mass is 16.5. The van der Waals surface area contributed by atoms with E-state index in [1.807, 2.05) is 0 Å². The number of carbonyl (C=O) groups excluding carboxylic acids is 9. The summed E-state index contributed by atoms with van der Waals surface area (Å²) in [5.74, 6) is -8.79. The summed E-state index contributed by atoms with van der Waals surface area (Å²) in [6.07, 6.45) is -2.94. The molecule has 2 saturated heterocycles. The number of fused-ring (bicyclic) bond motifs is 2. The van der Waals surface area contributed by atoms with Gasteiger partial charge in [-0.2, -0.15) is 0 Å². The number of phenols is 1. The molecule has 0 aliphatic carbocycles. The van der Waals surface area contributed by atoms with Crippen molar-refractivity contribution in [2.45, 2.75) is 161 Å². The molecule has 8 amide bonds. The number of carbonyl (C=O) groups is 9. The molecule has 1 aromatic rings. The number of aromatic hydroxyl groups is 1. The van der Waals surface area contributed by atoms with Crippen LogP contribution in [0.15, 0.2) is 24.3 Å². The average molecular weight is 901 g/mol. The zero-order valence-corrected chi connectivity index (χ0v) is 38.3. The molecule has 0 aromatic heterocycles. The van der Waals surface area contributed by atoms with Crippen molar-refractivity contribution >= 4 is 53.2 Å². The van der Waals surface area contributed by atoms with Crippen LogP contribution in [0.4, 0.5) is 0 Å². The van der Waals surface area contributed by atoms with Crippen LogP contribution >= 0.6 is 0 Å². The van der Waals surface area contributed by atoms with E-state index in [9.17, 15) is 53.4 Å². The third-order valence-electron chi connectivity index (χ3n) is 12.0. The van der Waals surface area contributed by atoms with Crippen LogP contribution in [0, 0.1) is 17.8 Å².